The number of carbonyl (C=O) groups is 1. The Labute approximate surface area is 109 Å². The number of thioether (sulfide) groups is 1. The van der Waals surface area contributed by atoms with E-state index in [0.29, 0.717) is 23.9 Å². The van der Waals surface area contributed by atoms with Gasteiger partial charge in [0.15, 0.2) is 5.16 Å². The number of carboxylic acid groups (broad SMARTS) is 1. The standard InChI is InChI=1S/C10H18N4O3S/c1-3-5-14-8(17)12-13-9(14)18-6-4-10(2,11)7(15)16/h3-6,11H2,1-2H3,(H,12,17)(H,15,16). The number of nitrogens with zero attached hydrogens (tertiary/aromatic N) is 2. The number of carboxylic acids is 1. The Morgan fingerprint density at radius 2 is 2.33 bits per heavy atom. The molecular weight excluding hydrogens is 256 g/mol. The van der Waals surface area contributed by atoms with Gasteiger partial charge in [-0.2, -0.15) is 0 Å². The number of nitrogens with two attached hydrogens (primary N) is 1. The molecule has 1 aromatic heterocycles. The molecular formula is C10H18N4O3S. The summed E-state index contributed by atoms with van der Waals surface area (Å²) >= 11 is 1.33. The van der Waals surface area contributed by atoms with Crippen LogP contribution in [0.1, 0.15) is 26.7 Å². The van der Waals surface area contributed by atoms with Gasteiger partial charge >= 0.3 is 11.7 Å². The van der Waals surface area contributed by atoms with Crippen molar-refractivity contribution >= 4 is 17.7 Å². The lowest BCUT2D eigenvalue weighted by Gasteiger charge is -2.18. The van der Waals surface area contributed by atoms with Crippen molar-refractivity contribution < 1.29 is 9.90 Å². The van der Waals surface area contributed by atoms with Crippen molar-refractivity contribution in [3.63, 3.8) is 0 Å². The van der Waals surface area contributed by atoms with Crippen LogP contribution in [-0.4, -0.2) is 37.1 Å². The summed E-state index contributed by atoms with van der Waals surface area (Å²) in [5.41, 5.74) is 4.12. The minimum Gasteiger partial charge on any atom is -0.480 e. The normalized spacial score (nSPS) is 14.4. The highest BCUT2D eigenvalue weighted by molar-refractivity contribution is 7.99. The predicted molar refractivity (Wildman–Crippen MR) is 68.7 cm³/mol. The van der Waals surface area contributed by atoms with Crippen LogP contribution in [0.2, 0.25) is 0 Å². The van der Waals surface area contributed by atoms with Crippen LogP contribution in [0.5, 0.6) is 0 Å². The average molecular weight is 274 g/mol. The van der Waals surface area contributed by atoms with E-state index in [4.69, 9.17) is 10.8 Å². The Morgan fingerprint density at radius 1 is 1.67 bits per heavy atom. The van der Waals surface area contributed by atoms with Crippen molar-refractivity contribution in [3.05, 3.63) is 10.5 Å². The molecule has 0 radical (unpaired) electrons. The van der Waals surface area contributed by atoms with E-state index in [9.17, 15) is 9.59 Å². The van der Waals surface area contributed by atoms with Gasteiger partial charge in [-0.25, -0.2) is 9.89 Å². The molecule has 1 aromatic rings. The molecule has 1 rings (SSSR count). The molecule has 1 unspecified atom stereocenters. The predicted octanol–water partition coefficient (Wildman–Crippen LogP) is 0.266. The molecule has 8 heteroatoms. The van der Waals surface area contributed by atoms with Gasteiger partial charge in [-0.15, -0.1) is 5.10 Å². The highest BCUT2D eigenvalue weighted by Crippen LogP contribution is 2.18. The molecule has 0 amide bonds. The van der Waals surface area contributed by atoms with Crippen LogP contribution < -0.4 is 11.4 Å². The number of nitrogens with one attached hydrogen (secondary N) is 1. The topological polar surface area (TPSA) is 114 Å². The molecule has 0 aliphatic carbocycles. The lowest BCUT2D eigenvalue weighted by Crippen LogP contribution is -2.45. The Kier molecular flexibility index (Phi) is 4.97. The van der Waals surface area contributed by atoms with E-state index in [1.54, 1.807) is 4.57 Å². The minimum absolute atomic E-state index is 0.243. The van der Waals surface area contributed by atoms with Crippen molar-refractivity contribution in [2.24, 2.45) is 5.73 Å². The number of H-pyrrole nitrogens is 1. The molecule has 0 spiro atoms. The van der Waals surface area contributed by atoms with E-state index in [1.807, 2.05) is 6.92 Å². The molecule has 0 aromatic carbocycles. The van der Waals surface area contributed by atoms with Crippen LogP contribution in [0.3, 0.4) is 0 Å². The van der Waals surface area contributed by atoms with Crippen LogP contribution in [0, 0.1) is 0 Å². The third-order valence-electron chi connectivity index (χ3n) is 2.51. The van der Waals surface area contributed by atoms with Gasteiger partial charge in [0, 0.05) is 12.3 Å². The zero-order chi connectivity index (χ0) is 13.8. The SMILES string of the molecule is CCCn1c(SCCC(C)(N)C(=O)O)n[nH]c1=O. The second-order valence-corrected chi connectivity index (χ2v) is 5.35. The summed E-state index contributed by atoms with van der Waals surface area (Å²) in [6, 6.07) is 0. The fourth-order valence-electron chi connectivity index (χ4n) is 1.30. The number of aromatic nitrogens is 3. The van der Waals surface area contributed by atoms with Gasteiger partial charge < -0.3 is 10.8 Å². The smallest absolute Gasteiger partial charge is 0.343 e. The van der Waals surface area contributed by atoms with Crippen LogP contribution in [0.25, 0.3) is 0 Å². The van der Waals surface area contributed by atoms with Crippen LogP contribution >= 0.6 is 11.8 Å². The lowest BCUT2D eigenvalue weighted by molar-refractivity contribution is -0.142. The molecule has 0 aliphatic rings. The van der Waals surface area contributed by atoms with Crippen molar-refractivity contribution in [2.75, 3.05) is 5.75 Å². The van der Waals surface area contributed by atoms with Gasteiger partial charge in [0.25, 0.3) is 0 Å². The largest absolute Gasteiger partial charge is 0.480 e. The molecule has 0 saturated heterocycles. The fraction of sp³-hybridized carbons (Fsp3) is 0.700. The van der Waals surface area contributed by atoms with Crippen LogP contribution in [0.4, 0.5) is 0 Å². The molecule has 0 bridgehead atoms. The maximum absolute atomic E-state index is 11.4. The van der Waals surface area contributed by atoms with E-state index < -0.39 is 11.5 Å². The number of hydrogen-bond donors (Lipinski definition) is 3. The van der Waals surface area contributed by atoms with Gasteiger partial charge in [0.2, 0.25) is 0 Å². The Balaban J connectivity index is 2.59. The molecule has 1 atom stereocenters. The molecule has 7 nitrogen and oxygen atoms in total. The van der Waals surface area contributed by atoms with Crippen molar-refractivity contribution in [2.45, 2.75) is 43.9 Å². The van der Waals surface area contributed by atoms with Crippen molar-refractivity contribution in [1.82, 2.24) is 14.8 Å². The number of hydrogen-bond acceptors (Lipinski definition) is 5. The monoisotopic (exact) mass is 274 g/mol. The minimum atomic E-state index is -1.25. The van der Waals surface area contributed by atoms with Gasteiger partial charge in [0.1, 0.15) is 5.54 Å². The Bertz CT molecular complexity index is 466. The zero-order valence-electron chi connectivity index (χ0n) is 10.5. The first-order valence-electron chi connectivity index (χ1n) is 5.68. The van der Waals surface area contributed by atoms with E-state index in [-0.39, 0.29) is 5.69 Å². The Morgan fingerprint density at radius 3 is 2.89 bits per heavy atom. The molecule has 0 saturated carbocycles. The first kappa shape index (κ1) is 14.8. The van der Waals surface area contributed by atoms with E-state index in [0.717, 1.165) is 6.42 Å². The Hall–Kier alpha value is -1.28. The third-order valence-corrected chi connectivity index (χ3v) is 3.49. The highest BCUT2D eigenvalue weighted by atomic mass is 32.2. The fourth-order valence-corrected chi connectivity index (χ4v) is 2.44. The van der Waals surface area contributed by atoms with Gasteiger partial charge in [0.05, 0.1) is 0 Å². The summed E-state index contributed by atoms with van der Waals surface area (Å²) < 4.78 is 1.54. The molecule has 1 heterocycles. The van der Waals surface area contributed by atoms with E-state index in [1.165, 1.54) is 18.7 Å². The maximum atomic E-state index is 11.4. The van der Waals surface area contributed by atoms with E-state index >= 15 is 0 Å². The van der Waals surface area contributed by atoms with Gasteiger partial charge in [-0.3, -0.25) is 9.36 Å². The van der Waals surface area contributed by atoms with E-state index in [2.05, 4.69) is 10.2 Å². The van der Waals surface area contributed by atoms with Crippen LogP contribution in [-0.2, 0) is 11.3 Å². The summed E-state index contributed by atoms with van der Waals surface area (Å²) in [5, 5.41) is 15.7. The van der Waals surface area contributed by atoms with Crippen LogP contribution in [0.15, 0.2) is 9.95 Å². The molecule has 0 fully saturated rings. The van der Waals surface area contributed by atoms with Crippen molar-refractivity contribution in [3.8, 4) is 0 Å². The summed E-state index contributed by atoms with van der Waals surface area (Å²) in [7, 11) is 0. The molecule has 4 N–H and O–H groups in total. The number of rotatable bonds is 7. The maximum Gasteiger partial charge on any atom is 0.343 e. The summed E-state index contributed by atoms with van der Waals surface area (Å²) in [5.74, 6) is -0.538. The van der Waals surface area contributed by atoms with Gasteiger partial charge in [-0.1, -0.05) is 18.7 Å². The number of aliphatic carboxylic acids is 1. The molecule has 102 valence electrons. The molecule has 0 aliphatic heterocycles. The summed E-state index contributed by atoms with van der Waals surface area (Å²) in [4.78, 5) is 22.2. The average Bonchev–Trinajstić information content (AvgIpc) is 2.61. The zero-order valence-corrected chi connectivity index (χ0v) is 11.3. The first-order valence-corrected chi connectivity index (χ1v) is 6.67. The quantitative estimate of drug-likeness (QED) is 0.615. The third kappa shape index (κ3) is 3.61. The lowest BCUT2D eigenvalue weighted by atomic mass is 10.0. The number of aromatic amines is 1. The second kappa shape index (κ2) is 6.05. The van der Waals surface area contributed by atoms with Crippen molar-refractivity contribution in [1.29, 1.82) is 0 Å². The highest BCUT2D eigenvalue weighted by Gasteiger charge is 2.27. The first-order chi connectivity index (χ1) is 8.38. The second-order valence-electron chi connectivity index (χ2n) is 4.28. The van der Waals surface area contributed by atoms with Gasteiger partial charge in [-0.05, 0) is 19.8 Å². The summed E-state index contributed by atoms with van der Waals surface area (Å²) in [6.07, 6.45) is 1.14. The molecule has 18 heavy (non-hydrogen) atoms. The summed E-state index contributed by atoms with van der Waals surface area (Å²) in [6.45, 7) is 4.03.